The number of likely N-dealkylation sites (N-methyl/N-ethyl adjacent to an activating group) is 1. The number of piperazine rings is 1. The summed E-state index contributed by atoms with van der Waals surface area (Å²) in [4.78, 5) is 32.4. The summed E-state index contributed by atoms with van der Waals surface area (Å²) in [5, 5.41) is 13.0. The third-order valence-corrected chi connectivity index (χ3v) is 7.08. The van der Waals surface area contributed by atoms with Crippen molar-refractivity contribution in [3.63, 3.8) is 0 Å². The molecule has 1 saturated heterocycles. The van der Waals surface area contributed by atoms with Gasteiger partial charge in [-0.1, -0.05) is 12.1 Å². The Kier molecular flexibility index (Phi) is 8.31. The maximum Gasteiger partial charge on any atom is 0.338 e. The van der Waals surface area contributed by atoms with Crippen LogP contribution in [0.5, 0.6) is 17.2 Å². The van der Waals surface area contributed by atoms with E-state index in [1.54, 1.807) is 33.2 Å². The van der Waals surface area contributed by atoms with E-state index in [2.05, 4.69) is 28.1 Å². The SMILES string of the molecule is CCOC(=O)C1=C(CN2CCN(c3cccc(OC)c3)[C@H](C)C2)N(C)C(=O)N[C@@H]1c1ccc(O)c(OC)c1. The molecule has 2 aromatic rings. The number of aromatic hydroxyl groups is 1. The minimum Gasteiger partial charge on any atom is -0.504 e. The van der Waals surface area contributed by atoms with E-state index < -0.39 is 12.0 Å². The molecule has 2 amide bonds. The number of hydrogen-bond donors (Lipinski definition) is 2. The molecule has 2 aliphatic heterocycles. The highest BCUT2D eigenvalue weighted by Gasteiger charge is 2.38. The molecule has 10 nitrogen and oxygen atoms in total. The van der Waals surface area contributed by atoms with Gasteiger partial charge in [-0.25, -0.2) is 9.59 Å². The Morgan fingerprint density at radius 3 is 2.61 bits per heavy atom. The van der Waals surface area contributed by atoms with E-state index >= 15 is 0 Å². The van der Waals surface area contributed by atoms with E-state index in [-0.39, 0.29) is 30.2 Å². The Morgan fingerprint density at radius 1 is 1.13 bits per heavy atom. The number of benzene rings is 2. The molecular weight excluding hydrogens is 488 g/mol. The van der Waals surface area contributed by atoms with Gasteiger partial charge in [-0.3, -0.25) is 9.80 Å². The molecule has 0 radical (unpaired) electrons. The highest BCUT2D eigenvalue weighted by atomic mass is 16.5. The van der Waals surface area contributed by atoms with Crippen molar-refractivity contribution >= 4 is 17.7 Å². The average molecular weight is 525 g/mol. The lowest BCUT2D eigenvalue weighted by atomic mass is 9.93. The van der Waals surface area contributed by atoms with Gasteiger partial charge in [0.15, 0.2) is 11.5 Å². The predicted octanol–water partition coefficient (Wildman–Crippen LogP) is 3.13. The highest BCUT2D eigenvalue weighted by molar-refractivity contribution is 5.95. The van der Waals surface area contributed by atoms with E-state index in [1.807, 2.05) is 18.2 Å². The number of urea groups is 1. The number of nitrogens with one attached hydrogen (secondary N) is 1. The first kappa shape index (κ1) is 27.1. The number of hydrogen-bond acceptors (Lipinski definition) is 8. The molecule has 0 bridgehead atoms. The largest absolute Gasteiger partial charge is 0.504 e. The molecule has 10 heteroatoms. The van der Waals surface area contributed by atoms with E-state index in [0.717, 1.165) is 31.1 Å². The monoisotopic (exact) mass is 524 g/mol. The lowest BCUT2D eigenvalue weighted by molar-refractivity contribution is -0.139. The van der Waals surface area contributed by atoms with Gasteiger partial charge < -0.3 is 29.5 Å². The van der Waals surface area contributed by atoms with Crippen molar-refractivity contribution < 1.29 is 28.9 Å². The van der Waals surface area contributed by atoms with Crippen LogP contribution in [0.1, 0.15) is 25.5 Å². The second kappa shape index (κ2) is 11.6. The molecule has 0 saturated carbocycles. The number of anilines is 1. The van der Waals surface area contributed by atoms with Gasteiger partial charge in [-0.05, 0) is 43.7 Å². The van der Waals surface area contributed by atoms with Crippen LogP contribution in [0.15, 0.2) is 53.7 Å². The number of carbonyl (C=O) groups excluding carboxylic acids is 2. The molecule has 0 aromatic heterocycles. The molecule has 2 heterocycles. The van der Waals surface area contributed by atoms with Crippen LogP contribution in [0.4, 0.5) is 10.5 Å². The van der Waals surface area contributed by atoms with Crippen molar-refractivity contribution in [3.05, 3.63) is 59.3 Å². The Morgan fingerprint density at radius 2 is 1.92 bits per heavy atom. The highest BCUT2D eigenvalue weighted by Crippen LogP contribution is 2.36. The standard InChI is InChI=1S/C28H36N4O6/c1-6-38-27(34)25-22(30(3)28(35)29-26(25)19-10-11-23(33)24(14-19)37-5)17-31-12-13-32(18(2)16-31)20-8-7-9-21(15-20)36-4/h7-11,14-15,18,26,33H,6,12-13,16-17H2,1-5H3,(H,29,35)/t18-,26-/m1/s1. The van der Waals surface area contributed by atoms with Crippen LogP contribution < -0.4 is 19.7 Å². The van der Waals surface area contributed by atoms with Crippen LogP contribution in [0.3, 0.4) is 0 Å². The van der Waals surface area contributed by atoms with Crippen LogP contribution in [0.25, 0.3) is 0 Å². The van der Waals surface area contributed by atoms with E-state index in [4.69, 9.17) is 14.2 Å². The zero-order valence-corrected chi connectivity index (χ0v) is 22.6. The maximum atomic E-state index is 13.3. The second-order valence-corrected chi connectivity index (χ2v) is 9.43. The Bertz CT molecular complexity index is 1220. The Hall–Kier alpha value is -3.92. The second-order valence-electron chi connectivity index (χ2n) is 9.43. The number of rotatable bonds is 8. The number of methoxy groups -OCH3 is 2. The molecule has 0 spiro atoms. The molecule has 0 unspecified atom stereocenters. The number of ether oxygens (including phenoxy) is 3. The summed E-state index contributed by atoms with van der Waals surface area (Å²) in [6.07, 6.45) is 0. The molecule has 2 aromatic carbocycles. The van der Waals surface area contributed by atoms with Crippen molar-refractivity contribution in [1.29, 1.82) is 0 Å². The Balaban J connectivity index is 1.64. The molecule has 2 N–H and O–H groups in total. The van der Waals surface area contributed by atoms with E-state index in [0.29, 0.717) is 23.4 Å². The van der Waals surface area contributed by atoms with Crippen LogP contribution in [-0.4, -0.2) is 87.0 Å². The summed E-state index contributed by atoms with van der Waals surface area (Å²) in [6.45, 7) is 6.79. The van der Waals surface area contributed by atoms with Crippen LogP contribution in [0.2, 0.25) is 0 Å². The summed E-state index contributed by atoms with van der Waals surface area (Å²) < 4.78 is 16.1. The summed E-state index contributed by atoms with van der Waals surface area (Å²) in [6, 6.07) is 11.9. The average Bonchev–Trinajstić information content (AvgIpc) is 2.91. The van der Waals surface area contributed by atoms with Crippen LogP contribution >= 0.6 is 0 Å². The van der Waals surface area contributed by atoms with Crippen LogP contribution in [0, 0.1) is 0 Å². The molecule has 1 fully saturated rings. The molecule has 2 atom stereocenters. The lowest BCUT2D eigenvalue weighted by Crippen LogP contribution is -2.55. The summed E-state index contributed by atoms with van der Waals surface area (Å²) in [5.74, 6) is 0.547. The first-order valence-electron chi connectivity index (χ1n) is 12.7. The topological polar surface area (TPSA) is 104 Å². The van der Waals surface area contributed by atoms with Gasteiger partial charge in [0.25, 0.3) is 0 Å². The normalized spacial score (nSPS) is 20.3. The van der Waals surface area contributed by atoms with Gasteiger partial charge in [0, 0.05) is 56.7 Å². The number of phenolic OH excluding ortho intramolecular Hbond substituents is 1. The maximum absolute atomic E-state index is 13.3. The molecule has 38 heavy (non-hydrogen) atoms. The van der Waals surface area contributed by atoms with Gasteiger partial charge in [-0.15, -0.1) is 0 Å². The zero-order chi connectivity index (χ0) is 27.4. The van der Waals surface area contributed by atoms with Crippen molar-refractivity contribution in [2.45, 2.75) is 25.9 Å². The predicted molar refractivity (Wildman–Crippen MR) is 144 cm³/mol. The minimum absolute atomic E-state index is 0.0275. The minimum atomic E-state index is -0.752. The van der Waals surface area contributed by atoms with Crippen molar-refractivity contribution in [3.8, 4) is 17.2 Å². The van der Waals surface area contributed by atoms with Gasteiger partial charge >= 0.3 is 12.0 Å². The molecule has 2 aliphatic rings. The number of phenols is 1. The van der Waals surface area contributed by atoms with Crippen LogP contribution in [-0.2, 0) is 9.53 Å². The Labute approximate surface area is 223 Å². The summed E-state index contributed by atoms with van der Waals surface area (Å²) in [7, 11) is 4.77. The molecule has 0 aliphatic carbocycles. The summed E-state index contributed by atoms with van der Waals surface area (Å²) in [5.41, 5.74) is 2.66. The van der Waals surface area contributed by atoms with Gasteiger partial charge in [0.05, 0.1) is 32.4 Å². The fourth-order valence-corrected chi connectivity index (χ4v) is 5.08. The number of esters is 1. The number of carbonyl (C=O) groups is 2. The smallest absolute Gasteiger partial charge is 0.338 e. The van der Waals surface area contributed by atoms with Gasteiger partial charge in [0.2, 0.25) is 0 Å². The lowest BCUT2D eigenvalue weighted by Gasteiger charge is -2.43. The van der Waals surface area contributed by atoms with E-state index in [1.165, 1.54) is 18.1 Å². The van der Waals surface area contributed by atoms with Gasteiger partial charge in [-0.2, -0.15) is 0 Å². The van der Waals surface area contributed by atoms with Crippen molar-refractivity contribution in [1.82, 2.24) is 15.1 Å². The van der Waals surface area contributed by atoms with E-state index in [9.17, 15) is 14.7 Å². The first-order valence-corrected chi connectivity index (χ1v) is 12.7. The number of nitrogens with zero attached hydrogens (tertiary/aromatic N) is 3. The third-order valence-electron chi connectivity index (χ3n) is 7.08. The zero-order valence-electron chi connectivity index (χ0n) is 22.6. The molecular formula is C28H36N4O6. The fourth-order valence-electron chi connectivity index (χ4n) is 5.08. The summed E-state index contributed by atoms with van der Waals surface area (Å²) >= 11 is 0. The third kappa shape index (κ3) is 5.50. The van der Waals surface area contributed by atoms with Crippen molar-refractivity contribution in [2.75, 3.05) is 59.0 Å². The molecule has 4 rings (SSSR count). The fraction of sp³-hybridized carbons (Fsp3) is 0.429. The quantitative estimate of drug-likeness (QED) is 0.508. The van der Waals surface area contributed by atoms with Crippen molar-refractivity contribution in [2.24, 2.45) is 0 Å². The first-order chi connectivity index (χ1) is 18.3. The van der Waals surface area contributed by atoms with Gasteiger partial charge in [0.1, 0.15) is 5.75 Å². The number of amides is 2. The molecule has 204 valence electrons.